The van der Waals surface area contributed by atoms with E-state index in [9.17, 15) is 0 Å². The number of rotatable bonds is 13. The molecule has 0 amide bonds. The first-order valence-corrected chi connectivity index (χ1v) is 57.8. The summed E-state index contributed by atoms with van der Waals surface area (Å²) < 4.78 is 26.8. The fourth-order valence-electron chi connectivity index (χ4n) is 18.1. The van der Waals surface area contributed by atoms with Crippen LogP contribution in [0, 0.1) is 103 Å². The number of morpholine rings is 3. The zero-order valence-corrected chi connectivity index (χ0v) is 84.8. The number of hydrogen-bond acceptors (Lipinski definition) is 11. The standard InChI is InChI=1S/2C21H27N2.C18H16NP.2C15H10.C12H24N3O3P.C7H8.2CH4.4ClH.2Ru/c2*1-14-9-16(3)20(17(4)10-14)22-7-8-23(13-22)21-18(5)11-15(2)12-19(21)6;1-4-10-16(11-5-1)19-20(17-12-6-2-7-13-17)18-14-8-3-9-15-18;2*1-2-6-12(7-3-1)15-11-10-13-8-4-5-9-14(13)15;1-7-16-8-2-13(1)19(14-3-9-17-10-4-14)15-5-11-18-12-6-15;1-7-5-3-2-4-6-7;;;;;;;;/h2*9-13H,7-8H2,1-6H3;1-15,19H;2*1-9,11H;1-12H2;2-6H,1H3;2*1H4;4*1H;;/q2*-1;;;;;;;;;;;;2*+2/p-2. The molecule has 19 rings (SSSR count). The van der Waals surface area contributed by atoms with Gasteiger partial charge in [0.05, 0.1) is 84.6 Å². The summed E-state index contributed by atoms with van der Waals surface area (Å²) in [7, 11) is 23.0. The van der Waals surface area contributed by atoms with E-state index in [1.54, 1.807) is 0 Å². The van der Waals surface area contributed by atoms with Crippen LogP contribution in [0.2, 0.25) is 0 Å². The third-order valence-electron chi connectivity index (χ3n) is 23.3. The Morgan fingerprint density at radius 1 is 0.285 bits per heavy atom. The number of anilines is 5. The average molecular weight is 2030 g/mol. The number of benzene rings is 12. The molecule has 11 nitrogen and oxygen atoms in total. The van der Waals surface area contributed by atoms with Crippen LogP contribution in [-0.2, 0) is 41.2 Å². The van der Waals surface area contributed by atoms with E-state index >= 15 is 0 Å². The predicted molar refractivity (Wildman–Crippen MR) is 563 cm³/mol. The van der Waals surface area contributed by atoms with Gasteiger partial charge in [-0.25, -0.2) is 0 Å². The molecule has 1 N–H and O–H groups in total. The fraction of sp³-hybridized carbons (Fsp3) is 0.279. The van der Waals surface area contributed by atoms with E-state index < -0.39 is 43.5 Å². The summed E-state index contributed by atoms with van der Waals surface area (Å²) in [6.07, 6.45) is 4.30. The zero-order valence-electron chi connectivity index (χ0n) is 76.3. The van der Waals surface area contributed by atoms with Crippen LogP contribution in [0.4, 0.5) is 28.4 Å². The van der Waals surface area contributed by atoms with Gasteiger partial charge in [-0.15, -0.1) is 14.0 Å². The minimum atomic E-state index is -1.88. The Bertz CT molecular complexity index is 5230. The Morgan fingerprint density at radius 2 is 0.523 bits per heavy atom. The number of halogens is 4. The molecule has 688 valence electrons. The number of fused-ring (bicyclic) bond motifs is 2. The first kappa shape index (κ1) is 102. The van der Waals surface area contributed by atoms with Crippen molar-refractivity contribution in [3.63, 3.8) is 0 Å². The zero-order chi connectivity index (χ0) is 90.2. The Morgan fingerprint density at radius 3 is 0.777 bits per heavy atom. The normalized spacial score (nSPS) is 15.4. The molecule has 0 saturated carbocycles. The van der Waals surface area contributed by atoms with Gasteiger partial charge in [-0.2, -0.15) is 13.3 Å². The summed E-state index contributed by atoms with van der Waals surface area (Å²) in [6, 6.07) is 97.6. The van der Waals surface area contributed by atoms with Crippen LogP contribution < -0.4 is 35.3 Å². The summed E-state index contributed by atoms with van der Waals surface area (Å²) in [6.45, 7) is 48.9. The Labute approximate surface area is 806 Å². The van der Waals surface area contributed by atoms with E-state index in [1.807, 2.05) is 72.8 Å². The van der Waals surface area contributed by atoms with Gasteiger partial charge in [-0.05, 0) is 171 Å². The predicted octanol–water partition coefficient (Wildman–Crippen LogP) is 26.2. The number of hydrogen-bond donors (Lipinski definition) is 1. The van der Waals surface area contributed by atoms with Crippen LogP contribution in [0.3, 0.4) is 0 Å². The number of ether oxygens (including phenoxy) is 3. The topological polar surface area (TPSA) is 62.4 Å². The van der Waals surface area contributed by atoms with E-state index in [1.165, 1.54) is 156 Å². The molecule has 5 saturated heterocycles. The van der Waals surface area contributed by atoms with Crippen molar-refractivity contribution in [1.29, 1.82) is 0 Å². The summed E-state index contributed by atoms with van der Waals surface area (Å²) in [5.74, 6) is 0. The van der Waals surface area contributed by atoms with Crippen LogP contribution >= 0.6 is 55.2 Å². The second kappa shape index (κ2) is 50.8. The molecular weight excluding hydrogens is 1900 g/mol. The van der Waals surface area contributed by atoms with Gasteiger partial charge in [0.25, 0.3) is 0 Å². The van der Waals surface area contributed by atoms with Gasteiger partial charge in [0, 0.05) is 48.9 Å². The van der Waals surface area contributed by atoms with Crippen molar-refractivity contribution in [3.8, 4) is 0 Å². The van der Waals surface area contributed by atoms with Gasteiger partial charge in [0.15, 0.2) is 8.07 Å². The van der Waals surface area contributed by atoms with Crippen molar-refractivity contribution in [3.05, 3.63) is 410 Å². The quantitative estimate of drug-likeness (QED) is 0.0682. The van der Waals surface area contributed by atoms with Crippen molar-refractivity contribution in [2.45, 2.75) is 105 Å². The minimum Gasteiger partial charge on any atom is -0.253 e. The molecule has 0 aromatic heterocycles. The first-order chi connectivity index (χ1) is 62.0. The maximum atomic E-state index is 6.19. The van der Waals surface area contributed by atoms with Gasteiger partial charge in [-0.3, -0.25) is 5.09 Å². The SMILES string of the molecule is C.C.C1CN([PH+](N2CCOCC2)N2CCOCC2)CCO1.Cc1cc(C)c(N2[CH-]N(c3c(C)cc(C)cc3C)CC2)c(C)c1.Cc1cc(C)c(N2[CH-]N(c3c(C)cc(C)cc3C)CC2)c(C)c1.Cc1ccccc1.[Cl][Ru]([Cl])=[C]1C=C(c2ccccc2)c2ccccc21.[Cl][Ru]([Cl])=[C]1C=C(c2ccccc2)c2ccccc21.c1ccc(N[PH+](c2ccccc2)c2ccccc2)cc1. The van der Waals surface area contributed by atoms with E-state index in [2.05, 4.69) is 360 Å². The Balaban J connectivity index is 0.000000148. The molecule has 7 aliphatic rings. The van der Waals surface area contributed by atoms with Crippen molar-refractivity contribution in [1.82, 2.24) is 14.0 Å². The molecule has 5 aliphatic heterocycles. The molecule has 12 aromatic carbocycles. The maximum Gasteiger partial charge on any atom is 0.154 e. The first-order valence-electron chi connectivity index (χ1n) is 44.3. The minimum absolute atomic E-state index is 0. The molecule has 0 atom stereocenters. The van der Waals surface area contributed by atoms with Crippen molar-refractivity contribution in [2.75, 3.05) is 130 Å². The van der Waals surface area contributed by atoms with Crippen molar-refractivity contribution >= 4 is 114 Å². The molecule has 0 radical (unpaired) electrons. The third-order valence-corrected chi connectivity index (χ3v) is 35.0. The molecule has 0 bridgehead atoms. The second-order valence-corrected chi connectivity index (χ2v) is 49.6. The average Bonchev–Trinajstić information content (AvgIpc) is 1.63. The van der Waals surface area contributed by atoms with Crippen LogP contribution in [-0.4, -0.2) is 127 Å². The van der Waals surface area contributed by atoms with E-state index in [0.29, 0.717) is 0 Å². The van der Waals surface area contributed by atoms with Crippen LogP contribution in [0.5, 0.6) is 0 Å². The van der Waals surface area contributed by atoms with E-state index in [4.69, 9.17) is 53.0 Å². The monoisotopic (exact) mass is 2030 g/mol. The fourth-order valence-corrected chi connectivity index (χ4v) is 28.2. The van der Waals surface area contributed by atoms with Gasteiger partial charge in [0.2, 0.25) is 8.37 Å². The van der Waals surface area contributed by atoms with E-state index in [-0.39, 0.29) is 14.9 Å². The third kappa shape index (κ3) is 27.6. The van der Waals surface area contributed by atoms with Crippen molar-refractivity contribution in [2.24, 2.45) is 0 Å². The molecular formula is C111H132Cl4N8O3P2Ru2. The molecule has 2 aliphatic carbocycles. The Hall–Kier alpha value is -8.11. The maximum absolute atomic E-state index is 6.19. The largest absolute Gasteiger partial charge is 0.253 e. The second-order valence-electron chi connectivity index (χ2n) is 33.3. The number of nitrogens with one attached hydrogen (secondary N) is 1. The number of nitrogens with zero attached hydrogens (tertiary/aromatic N) is 7. The van der Waals surface area contributed by atoms with Crippen molar-refractivity contribution < 1.29 is 41.2 Å². The number of para-hydroxylation sites is 1. The molecule has 0 unspecified atom stereocenters. The van der Waals surface area contributed by atoms with Gasteiger partial charge in [0.1, 0.15) is 10.6 Å². The van der Waals surface area contributed by atoms with Crippen LogP contribution in [0.1, 0.15) is 121 Å². The summed E-state index contributed by atoms with van der Waals surface area (Å²) in [5, 5.41) is 6.45. The molecule has 5 fully saturated rings. The van der Waals surface area contributed by atoms with Gasteiger partial charge in [-0.1, -0.05) is 176 Å². The molecule has 19 heteroatoms. The number of allylic oxidation sites excluding steroid dienone is 2. The van der Waals surface area contributed by atoms with Crippen LogP contribution in [0.25, 0.3) is 11.1 Å². The molecule has 130 heavy (non-hydrogen) atoms. The summed E-state index contributed by atoms with van der Waals surface area (Å²) >= 11 is -3.76. The summed E-state index contributed by atoms with van der Waals surface area (Å²) in [5.41, 5.74) is 33.9. The summed E-state index contributed by atoms with van der Waals surface area (Å²) in [4.78, 5) is 9.62. The Kier molecular flexibility index (Phi) is 40.0. The van der Waals surface area contributed by atoms with Gasteiger partial charge < -0.3 is 33.8 Å². The molecule has 5 heterocycles. The van der Waals surface area contributed by atoms with Crippen LogP contribution in [0.15, 0.2) is 291 Å². The smallest absolute Gasteiger partial charge is 0.154 e. The molecule has 12 aromatic rings. The molecule has 0 spiro atoms. The number of aryl methyl sites for hydroxylation is 13. The van der Waals surface area contributed by atoms with Gasteiger partial charge >= 0.3 is 240 Å². The van der Waals surface area contributed by atoms with E-state index in [0.717, 1.165) is 113 Å².